The van der Waals surface area contributed by atoms with E-state index in [0.717, 1.165) is 24.8 Å². The highest BCUT2D eigenvalue weighted by molar-refractivity contribution is 5.89. The van der Waals surface area contributed by atoms with Crippen LogP contribution in [-0.4, -0.2) is 21.1 Å². The van der Waals surface area contributed by atoms with Crippen molar-refractivity contribution in [1.29, 1.82) is 0 Å². The van der Waals surface area contributed by atoms with Gasteiger partial charge in [0.2, 0.25) is 5.91 Å². The van der Waals surface area contributed by atoms with Crippen molar-refractivity contribution in [1.82, 2.24) is 20.5 Å². The lowest BCUT2D eigenvalue weighted by atomic mass is 9.64. The molecule has 0 aliphatic heterocycles. The van der Waals surface area contributed by atoms with Gasteiger partial charge in [-0.3, -0.25) is 9.89 Å². The summed E-state index contributed by atoms with van der Waals surface area (Å²) < 4.78 is 0. The Hall–Kier alpha value is -2.17. The standard InChI is InChI=1S/C14H16N4O/c19-13(15-9-12-16-10-17-18-12)14(7-4-8-14)11-5-2-1-3-6-11/h1-3,5-6,10H,4,7-9H2,(H,15,19)(H,16,17,18). The summed E-state index contributed by atoms with van der Waals surface area (Å²) in [5.41, 5.74) is 0.762. The fourth-order valence-corrected chi connectivity index (χ4v) is 2.58. The van der Waals surface area contributed by atoms with Gasteiger partial charge in [0.1, 0.15) is 12.2 Å². The number of carbonyl (C=O) groups is 1. The molecule has 1 fully saturated rings. The number of nitrogens with one attached hydrogen (secondary N) is 2. The van der Waals surface area contributed by atoms with Gasteiger partial charge in [0, 0.05) is 0 Å². The summed E-state index contributed by atoms with van der Waals surface area (Å²) in [7, 11) is 0. The van der Waals surface area contributed by atoms with E-state index in [9.17, 15) is 4.79 Å². The predicted octanol–water partition coefficient (Wildman–Crippen LogP) is 1.54. The van der Waals surface area contributed by atoms with Crippen LogP contribution in [0, 0.1) is 0 Å². The molecule has 98 valence electrons. The summed E-state index contributed by atoms with van der Waals surface area (Å²) in [4.78, 5) is 16.5. The highest BCUT2D eigenvalue weighted by Gasteiger charge is 2.45. The maximum Gasteiger partial charge on any atom is 0.231 e. The lowest BCUT2D eigenvalue weighted by molar-refractivity contribution is -0.130. The second kappa shape index (κ2) is 4.84. The van der Waals surface area contributed by atoms with Crippen LogP contribution in [0.5, 0.6) is 0 Å². The maximum atomic E-state index is 12.5. The Morgan fingerprint density at radius 1 is 1.32 bits per heavy atom. The molecule has 1 aliphatic carbocycles. The Morgan fingerprint density at radius 3 is 2.68 bits per heavy atom. The summed E-state index contributed by atoms with van der Waals surface area (Å²) >= 11 is 0. The van der Waals surface area contributed by atoms with Gasteiger partial charge in [-0.15, -0.1) is 0 Å². The number of H-pyrrole nitrogens is 1. The molecular weight excluding hydrogens is 240 g/mol. The molecule has 0 atom stereocenters. The van der Waals surface area contributed by atoms with Crippen LogP contribution in [0.1, 0.15) is 30.7 Å². The number of carbonyl (C=O) groups excluding carboxylic acids is 1. The summed E-state index contributed by atoms with van der Waals surface area (Å²) in [6.07, 6.45) is 4.38. The average Bonchev–Trinajstić information content (AvgIpc) is 2.89. The van der Waals surface area contributed by atoms with Gasteiger partial charge < -0.3 is 5.32 Å². The molecular formula is C14H16N4O. The quantitative estimate of drug-likeness (QED) is 0.871. The normalized spacial score (nSPS) is 16.6. The molecule has 2 N–H and O–H groups in total. The van der Waals surface area contributed by atoms with Crippen molar-refractivity contribution in [3.63, 3.8) is 0 Å². The number of hydrogen-bond donors (Lipinski definition) is 2. The fraction of sp³-hybridized carbons (Fsp3) is 0.357. The Bertz CT molecular complexity index is 546. The molecule has 5 nitrogen and oxygen atoms in total. The molecule has 1 aliphatic rings. The summed E-state index contributed by atoms with van der Waals surface area (Å²) in [5, 5.41) is 9.46. The maximum absolute atomic E-state index is 12.5. The first-order chi connectivity index (χ1) is 9.31. The minimum atomic E-state index is -0.346. The van der Waals surface area contributed by atoms with Crippen molar-refractivity contribution in [2.75, 3.05) is 0 Å². The molecule has 1 aromatic carbocycles. The Labute approximate surface area is 111 Å². The molecule has 3 rings (SSSR count). The number of aromatic amines is 1. The Morgan fingerprint density at radius 2 is 2.11 bits per heavy atom. The zero-order valence-electron chi connectivity index (χ0n) is 10.6. The minimum absolute atomic E-state index is 0.0846. The summed E-state index contributed by atoms with van der Waals surface area (Å²) in [6.45, 7) is 0.396. The van der Waals surface area contributed by atoms with E-state index >= 15 is 0 Å². The van der Waals surface area contributed by atoms with Gasteiger partial charge in [-0.2, -0.15) is 5.10 Å². The molecule has 0 unspecified atom stereocenters. The first-order valence-corrected chi connectivity index (χ1v) is 6.49. The van der Waals surface area contributed by atoms with Crippen LogP contribution in [0.15, 0.2) is 36.7 Å². The molecule has 0 saturated heterocycles. The van der Waals surface area contributed by atoms with Gasteiger partial charge in [-0.05, 0) is 18.4 Å². The second-order valence-corrected chi connectivity index (χ2v) is 4.92. The number of hydrogen-bond acceptors (Lipinski definition) is 3. The second-order valence-electron chi connectivity index (χ2n) is 4.92. The molecule has 5 heteroatoms. The monoisotopic (exact) mass is 256 g/mol. The molecule has 1 heterocycles. The first kappa shape index (κ1) is 11.9. The topological polar surface area (TPSA) is 70.7 Å². The first-order valence-electron chi connectivity index (χ1n) is 6.49. The molecule has 0 spiro atoms. The minimum Gasteiger partial charge on any atom is -0.348 e. The van der Waals surface area contributed by atoms with Crippen LogP contribution in [-0.2, 0) is 16.8 Å². The van der Waals surface area contributed by atoms with Gasteiger partial charge in [0.25, 0.3) is 0 Å². The number of nitrogens with zero attached hydrogens (tertiary/aromatic N) is 2. The van der Waals surface area contributed by atoms with E-state index in [1.165, 1.54) is 6.33 Å². The van der Waals surface area contributed by atoms with E-state index in [-0.39, 0.29) is 11.3 Å². The van der Waals surface area contributed by atoms with E-state index in [0.29, 0.717) is 12.4 Å². The van der Waals surface area contributed by atoms with Gasteiger partial charge in [0.05, 0.1) is 12.0 Å². The zero-order valence-corrected chi connectivity index (χ0v) is 10.6. The lowest BCUT2D eigenvalue weighted by Crippen LogP contribution is -2.49. The molecule has 1 aromatic heterocycles. The summed E-state index contributed by atoms with van der Waals surface area (Å²) in [5.74, 6) is 0.761. The van der Waals surface area contributed by atoms with Gasteiger partial charge in [-0.1, -0.05) is 36.8 Å². The summed E-state index contributed by atoms with van der Waals surface area (Å²) in [6, 6.07) is 10.0. The molecule has 19 heavy (non-hydrogen) atoms. The zero-order chi connectivity index (χ0) is 13.1. The van der Waals surface area contributed by atoms with E-state index in [1.807, 2.05) is 30.3 Å². The molecule has 0 radical (unpaired) electrons. The van der Waals surface area contributed by atoms with Gasteiger partial charge in [0.15, 0.2) is 0 Å². The Balaban J connectivity index is 1.73. The Kier molecular flexibility index (Phi) is 3.03. The number of rotatable bonds is 4. The van der Waals surface area contributed by atoms with Crippen molar-refractivity contribution in [3.05, 3.63) is 48.0 Å². The number of amides is 1. The third-order valence-electron chi connectivity index (χ3n) is 3.85. The van der Waals surface area contributed by atoms with Crippen molar-refractivity contribution in [2.45, 2.75) is 31.2 Å². The highest BCUT2D eigenvalue weighted by Crippen LogP contribution is 2.43. The fourth-order valence-electron chi connectivity index (χ4n) is 2.58. The predicted molar refractivity (Wildman–Crippen MR) is 70.2 cm³/mol. The molecule has 0 bridgehead atoms. The van der Waals surface area contributed by atoms with Crippen LogP contribution in [0.2, 0.25) is 0 Å². The van der Waals surface area contributed by atoms with E-state index in [4.69, 9.17) is 0 Å². The van der Waals surface area contributed by atoms with Crippen molar-refractivity contribution < 1.29 is 4.79 Å². The molecule has 2 aromatic rings. The average molecular weight is 256 g/mol. The van der Waals surface area contributed by atoms with Crippen LogP contribution in [0.25, 0.3) is 0 Å². The largest absolute Gasteiger partial charge is 0.348 e. The van der Waals surface area contributed by atoms with Crippen molar-refractivity contribution in [3.8, 4) is 0 Å². The van der Waals surface area contributed by atoms with Gasteiger partial charge in [-0.25, -0.2) is 4.98 Å². The lowest BCUT2D eigenvalue weighted by Gasteiger charge is -2.40. The number of benzene rings is 1. The number of aromatic nitrogens is 3. The van der Waals surface area contributed by atoms with Crippen molar-refractivity contribution in [2.24, 2.45) is 0 Å². The molecule has 1 amide bonds. The van der Waals surface area contributed by atoms with Crippen LogP contribution < -0.4 is 5.32 Å². The van der Waals surface area contributed by atoms with Crippen LogP contribution in [0.4, 0.5) is 0 Å². The van der Waals surface area contributed by atoms with E-state index < -0.39 is 0 Å². The van der Waals surface area contributed by atoms with Crippen LogP contribution in [0.3, 0.4) is 0 Å². The third-order valence-corrected chi connectivity index (χ3v) is 3.85. The third kappa shape index (κ3) is 2.12. The van der Waals surface area contributed by atoms with E-state index in [2.05, 4.69) is 20.5 Å². The van der Waals surface area contributed by atoms with Crippen LogP contribution >= 0.6 is 0 Å². The highest BCUT2D eigenvalue weighted by atomic mass is 16.2. The van der Waals surface area contributed by atoms with Gasteiger partial charge >= 0.3 is 0 Å². The molecule has 1 saturated carbocycles. The SMILES string of the molecule is O=C(NCc1ncn[nH]1)C1(c2ccccc2)CCC1. The smallest absolute Gasteiger partial charge is 0.231 e. The van der Waals surface area contributed by atoms with Crippen molar-refractivity contribution >= 4 is 5.91 Å². The van der Waals surface area contributed by atoms with E-state index in [1.54, 1.807) is 0 Å².